The van der Waals surface area contributed by atoms with Crippen molar-refractivity contribution in [3.63, 3.8) is 0 Å². The molecule has 0 bridgehead atoms. The molecule has 1 amide bonds. The summed E-state index contributed by atoms with van der Waals surface area (Å²) in [5.41, 5.74) is 3.47. The molecule has 0 radical (unpaired) electrons. The number of fused-ring (bicyclic) bond motifs is 3. The Labute approximate surface area is 287 Å². The van der Waals surface area contributed by atoms with Gasteiger partial charge in [-0.2, -0.15) is 0 Å². The zero-order chi connectivity index (χ0) is 34.7. The highest BCUT2D eigenvalue weighted by atomic mass is 16.4. The SMILES string of the molecule is CCC(C)C(C)C(=O)N(CCN1CCN(C(c2ccccc2)c2ccccc2)CC1)c1ccc2c(C)cn3c(=O)c(C(=O)O)cnc3c2c1. The van der Waals surface area contributed by atoms with Gasteiger partial charge in [-0.1, -0.05) is 93.9 Å². The normalized spacial score (nSPS) is 15.4. The molecule has 2 atom stereocenters. The summed E-state index contributed by atoms with van der Waals surface area (Å²) in [6, 6.07) is 27.4. The van der Waals surface area contributed by atoms with Crippen molar-refractivity contribution in [2.75, 3.05) is 44.2 Å². The molecule has 2 aromatic heterocycles. The third-order valence-electron chi connectivity index (χ3n) is 10.3. The highest BCUT2D eigenvalue weighted by molar-refractivity contribution is 6.02. The van der Waals surface area contributed by atoms with E-state index >= 15 is 0 Å². The summed E-state index contributed by atoms with van der Waals surface area (Å²) < 4.78 is 1.30. The Morgan fingerprint density at radius 1 is 0.898 bits per heavy atom. The molecule has 49 heavy (non-hydrogen) atoms. The number of pyridine rings is 1. The average Bonchev–Trinajstić information content (AvgIpc) is 3.13. The quantitative estimate of drug-likeness (QED) is 0.167. The number of benzene rings is 3. The van der Waals surface area contributed by atoms with Crippen LogP contribution in [0.25, 0.3) is 16.4 Å². The maximum absolute atomic E-state index is 14.2. The molecule has 1 aliphatic heterocycles. The van der Waals surface area contributed by atoms with Gasteiger partial charge >= 0.3 is 5.97 Å². The molecule has 3 aromatic carbocycles. The molecule has 1 aliphatic rings. The first-order valence-electron chi connectivity index (χ1n) is 17.2. The van der Waals surface area contributed by atoms with Gasteiger partial charge in [-0.05, 0) is 47.1 Å². The van der Waals surface area contributed by atoms with E-state index in [-0.39, 0.29) is 29.3 Å². The number of carbonyl (C=O) groups is 2. The molecule has 9 heteroatoms. The number of aromatic nitrogens is 2. The lowest BCUT2D eigenvalue weighted by Gasteiger charge is -2.40. The third-order valence-corrected chi connectivity index (χ3v) is 10.3. The van der Waals surface area contributed by atoms with E-state index in [0.29, 0.717) is 17.6 Å². The number of hydrogen-bond donors (Lipinski definition) is 1. The van der Waals surface area contributed by atoms with Crippen molar-refractivity contribution in [3.05, 3.63) is 124 Å². The summed E-state index contributed by atoms with van der Waals surface area (Å²) in [5, 5.41) is 11.1. The Morgan fingerprint density at radius 2 is 1.53 bits per heavy atom. The number of carboxylic acid groups (broad SMARTS) is 1. The van der Waals surface area contributed by atoms with E-state index in [2.05, 4.69) is 89.3 Å². The molecule has 3 heterocycles. The number of rotatable bonds is 11. The van der Waals surface area contributed by atoms with Crippen molar-refractivity contribution in [1.82, 2.24) is 19.2 Å². The molecule has 1 saturated heterocycles. The van der Waals surface area contributed by atoms with E-state index in [1.165, 1.54) is 15.5 Å². The minimum atomic E-state index is -1.31. The fourth-order valence-corrected chi connectivity index (χ4v) is 7.01. The number of aryl methyl sites for hydroxylation is 1. The number of anilines is 1. The Bertz CT molecular complexity index is 1970. The van der Waals surface area contributed by atoms with Crippen LogP contribution >= 0.6 is 0 Å². The van der Waals surface area contributed by atoms with Crippen molar-refractivity contribution >= 4 is 34.0 Å². The van der Waals surface area contributed by atoms with Crippen molar-refractivity contribution < 1.29 is 14.7 Å². The van der Waals surface area contributed by atoms with Gasteiger partial charge in [-0.3, -0.25) is 23.8 Å². The molecular weight excluding hydrogens is 614 g/mol. The third kappa shape index (κ3) is 7.00. The van der Waals surface area contributed by atoms with Crippen LogP contribution in [0, 0.1) is 18.8 Å². The lowest BCUT2D eigenvalue weighted by atomic mass is 9.92. The van der Waals surface area contributed by atoms with Gasteiger partial charge in [-0.15, -0.1) is 0 Å². The Balaban J connectivity index is 1.27. The first-order valence-corrected chi connectivity index (χ1v) is 17.2. The van der Waals surface area contributed by atoms with Gasteiger partial charge in [0, 0.05) is 68.7 Å². The second-order valence-corrected chi connectivity index (χ2v) is 13.3. The molecule has 2 unspecified atom stereocenters. The van der Waals surface area contributed by atoms with E-state index < -0.39 is 11.5 Å². The highest BCUT2D eigenvalue weighted by Gasteiger charge is 2.29. The number of piperazine rings is 1. The largest absolute Gasteiger partial charge is 0.477 e. The number of amides is 1. The number of hydrogen-bond acceptors (Lipinski definition) is 6. The molecule has 1 N–H and O–H groups in total. The van der Waals surface area contributed by atoms with E-state index in [1.807, 2.05) is 36.9 Å². The first-order chi connectivity index (χ1) is 23.7. The van der Waals surface area contributed by atoms with Crippen molar-refractivity contribution in [2.24, 2.45) is 11.8 Å². The van der Waals surface area contributed by atoms with Crippen molar-refractivity contribution in [1.29, 1.82) is 0 Å². The van der Waals surface area contributed by atoms with Crippen LogP contribution in [0.4, 0.5) is 5.69 Å². The molecule has 1 fully saturated rings. The summed E-state index contributed by atoms with van der Waals surface area (Å²) >= 11 is 0. The maximum Gasteiger partial charge on any atom is 0.342 e. The molecule has 5 aromatic rings. The van der Waals surface area contributed by atoms with Gasteiger partial charge in [0.05, 0.1) is 6.04 Å². The van der Waals surface area contributed by atoms with Crippen LogP contribution in [0.15, 0.2) is 96.1 Å². The molecule has 9 nitrogen and oxygen atoms in total. The van der Waals surface area contributed by atoms with E-state index in [1.54, 1.807) is 6.20 Å². The number of aromatic carboxylic acids is 1. The second-order valence-electron chi connectivity index (χ2n) is 13.3. The number of carbonyl (C=O) groups excluding carboxylic acids is 1. The smallest absolute Gasteiger partial charge is 0.342 e. The number of carboxylic acids is 1. The summed E-state index contributed by atoms with van der Waals surface area (Å²) in [4.78, 5) is 50.2. The fourth-order valence-electron chi connectivity index (χ4n) is 7.01. The van der Waals surface area contributed by atoms with Crippen LogP contribution in [-0.4, -0.2) is 75.4 Å². The highest BCUT2D eigenvalue weighted by Crippen LogP contribution is 2.31. The maximum atomic E-state index is 14.2. The van der Waals surface area contributed by atoms with Crippen molar-refractivity contribution in [2.45, 2.75) is 40.2 Å². The first kappa shape index (κ1) is 34.0. The van der Waals surface area contributed by atoms with Gasteiger partial charge < -0.3 is 10.0 Å². The monoisotopic (exact) mass is 659 g/mol. The van der Waals surface area contributed by atoms with E-state index in [0.717, 1.165) is 62.0 Å². The van der Waals surface area contributed by atoms with Crippen LogP contribution in [0.1, 0.15) is 60.3 Å². The molecule has 0 saturated carbocycles. The Morgan fingerprint density at radius 3 is 2.12 bits per heavy atom. The average molecular weight is 660 g/mol. The standard InChI is InChI=1S/C40H45N5O4/c1-5-27(2)29(4)38(46)44(32-16-17-33-28(3)26-45-37(34(33)24-32)41-25-35(39(45)47)40(48)49)23-20-42-18-21-43(22-19-42)36(30-12-8-6-9-13-30)31-14-10-7-11-15-31/h6-17,24-27,29,36H,5,18-23H2,1-4H3,(H,48,49). The molecule has 0 spiro atoms. The van der Waals surface area contributed by atoms with Crippen LogP contribution in [0.2, 0.25) is 0 Å². The molecular formula is C40H45N5O4. The minimum Gasteiger partial charge on any atom is -0.477 e. The summed E-state index contributed by atoms with van der Waals surface area (Å²) in [5.74, 6) is -1.21. The summed E-state index contributed by atoms with van der Waals surface area (Å²) in [7, 11) is 0. The van der Waals surface area contributed by atoms with Gasteiger partial charge in [-0.25, -0.2) is 9.78 Å². The number of nitrogens with zero attached hydrogens (tertiary/aromatic N) is 5. The fraction of sp³-hybridized carbons (Fsp3) is 0.350. The molecule has 0 aliphatic carbocycles. The minimum absolute atomic E-state index is 0.0656. The second kappa shape index (κ2) is 14.7. The van der Waals surface area contributed by atoms with Crippen LogP contribution in [0.5, 0.6) is 0 Å². The van der Waals surface area contributed by atoms with Gasteiger partial charge in [0.15, 0.2) is 0 Å². The van der Waals surface area contributed by atoms with Gasteiger partial charge in [0.25, 0.3) is 5.56 Å². The van der Waals surface area contributed by atoms with Crippen molar-refractivity contribution in [3.8, 4) is 0 Å². The molecule has 254 valence electrons. The zero-order valence-electron chi connectivity index (χ0n) is 28.8. The van der Waals surface area contributed by atoms with E-state index in [4.69, 9.17) is 0 Å². The predicted octanol–water partition coefficient (Wildman–Crippen LogP) is 6.28. The van der Waals surface area contributed by atoms with Gasteiger partial charge in [0.1, 0.15) is 11.2 Å². The predicted molar refractivity (Wildman–Crippen MR) is 194 cm³/mol. The Kier molecular flexibility index (Phi) is 10.2. The molecule has 6 rings (SSSR count). The van der Waals surface area contributed by atoms with Crippen LogP contribution in [0.3, 0.4) is 0 Å². The van der Waals surface area contributed by atoms with Crippen LogP contribution < -0.4 is 10.5 Å². The lowest BCUT2D eigenvalue weighted by molar-refractivity contribution is -0.123. The van der Waals surface area contributed by atoms with E-state index in [9.17, 15) is 19.5 Å². The summed E-state index contributed by atoms with van der Waals surface area (Å²) in [6.45, 7) is 12.9. The van der Waals surface area contributed by atoms with Crippen LogP contribution in [-0.2, 0) is 4.79 Å². The van der Waals surface area contributed by atoms with Gasteiger partial charge in [0.2, 0.25) is 5.91 Å². The summed E-state index contributed by atoms with van der Waals surface area (Å²) in [6.07, 6.45) is 3.65. The zero-order valence-corrected chi connectivity index (χ0v) is 28.8. The topological polar surface area (TPSA) is 98.5 Å². The Hall–Kier alpha value is -4.86. The lowest BCUT2D eigenvalue weighted by Crippen LogP contribution is -2.50.